The molecule has 104 valence electrons. The van der Waals surface area contributed by atoms with Crippen LogP contribution in [0.25, 0.3) is 10.9 Å². The number of benzene rings is 1. The Kier molecular flexibility index (Phi) is 5.46. The molecule has 1 aromatic heterocycles. The van der Waals surface area contributed by atoms with E-state index in [1.165, 1.54) is 5.39 Å². The Morgan fingerprint density at radius 1 is 1.05 bits per heavy atom. The zero-order chi connectivity index (χ0) is 14.5. The number of hydrogen-bond donors (Lipinski definition) is 0. The summed E-state index contributed by atoms with van der Waals surface area (Å²) in [6, 6.07) is 12.4. The van der Waals surface area contributed by atoms with Gasteiger partial charge in [0.15, 0.2) is 6.61 Å². The molecule has 0 atom stereocenters. The number of pyridine rings is 1. The molecule has 0 saturated carbocycles. The number of aromatic nitrogens is 1. The van der Waals surface area contributed by atoms with Gasteiger partial charge >= 0.3 is 0 Å². The Morgan fingerprint density at radius 2 is 1.63 bits per heavy atom. The second kappa shape index (κ2) is 6.65. The van der Waals surface area contributed by atoms with Crippen molar-refractivity contribution in [1.82, 2.24) is 0 Å². The molecule has 0 fully saturated rings. The first-order chi connectivity index (χ1) is 8.83. The van der Waals surface area contributed by atoms with Gasteiger partial charge in [0, 0.05) is 23.8 Å². The van der Waals surface area contributed by atoms with Gasteiger partial charge in [0.1, 0.15) is 0 Å². The van der Waals surface area contributed by atoms with Crippen LogP contribution in [0.4, 0.5) is 0 Å². The van der Waals surface area contributed by atoms with Crippen molar-refractivity contribution in [2.45, 2.75) is 13.8 Å². The fourth-order valence-corrected chi connectivity index (χ4v) is 1.58. The van der Waals surface area contributed by atoms with Gasteiger partial charge in [-0.15, -0.1) is 10.2 Å². The van der Waals surface area contributed by atoms with E-state index in [-0.39, 0.29) is 0 Å². The fraction of sp³-hybridized carbons (Fsp3) is 0.250. The molecular weight excluding hydrogens is 274 g/mol. The molecule has 0 spiro atoms. The molecule has 7 heteroatoms. The van der Waals surface area contributed by atoms with Crippen LogP contribution in [-0.4, -0.2) is 6.61 Å². The number of aryl methyl sites for hydroxylation is 1. The van der Waals surface area contributed by atoms with E-state index in [0.29, 0.717) is 6.61 Å². The maximum atomic E-state index is 8.49. The van der Waals surface area contributed by atoms with Crippen LogP contribution in [0.1, 0.15) is 12.6 Å². The van der Waals surface area contributed by atoms with Crippen molar-refractivity contribution in [3.63, 3.8) is 0 Å². The fourth-order valence-electron chi connectivity index (χ4n) is 1.58. The van der Waals surface area contributed by atoms with E-state index in [2.05, 4.69) is 24.3 Å². The molecule has 2 rings (SSSR count). The molecule has 0 amide bonds. The summed E-state index contributed by atoms with van der Waals surface area (Å²) in [6.45, 7) is 4.72. The number of halogens is 1. The molecule has 1 heterocycles. The van der Waals surface area contributed by atoms with Crippen molar-refractivity contribution in [2.24, 2.45) is 0 Å². The molecule has 0 saturated heterocycles. The summed E-state index contributed by atoms with van der Waals surface area (Å²) in [6.07, 6.45) is 0. The first kappa shape index (κ1) is 15.6. The quantitative estimate of drug-likeness (QED) is 0.552. The summed E-state index contributed by atoms with van der Waals surface area (Å²) in [4.78, 5) is 5.57. The van der Waals surface area contributed by atoms with Crippen LogP contribution < -0.4 is 28.2 Å². The highest BCUT2D eigenvalue weighted by molar-refractivity contribution is 5.75. The Hall–Kier alpha value is -1.44. The Morgan fingerprint density at radius 3 is 2.21 bits per heavy atom. The monoisotopic (exact) mass is 287 g/mol. The number of para-hydroxylation sites is 1. The van der Waals surface area contributed by atoms with Gasteiger partial charge in [-0.25, -0.2) is 18.6 Å². The van der Waals surface area contributed by atoms with E-state index >= 15 is 0 Å². The Balaban J connectivity index is 0.000000312. The van der Waals surface area contributed by atoms with Crippen molar-refractivity contribution < 1.29 is 38.4 Å². The summed E-state index contributed by atoms with van der Waals surface area (Å²) in [7, 11) is -4.94. The normalized spacial score (nSPS) is 10.8. The molecule has 0 radical (unpaired) electrons. The van der Waals surface area contributed by atoms with Gasteiger partial charge in [-0.1, -0.05) is 12.1 Å². The number of fused-ring (bicyclic) bond motifs is 1. The molecule has 0 aliphatic carbocycles. The standard InChI is InChI=1S/C12H14NO.ClHO4/c1-3-14-13-10(2)8-9-11-6-4-5-7-12(11)13;2-1(3,4)5/h4-9H,3H2,1-2H3;(H,2,3,4,5)/q+1;/p-1. The number of rotatable bonds is 2. The van der Waals surface area contributed by atoms with Crippen molar-refractivity contribution in [1.29, 1.82) is 0 Å². The van der Waals surface area contributed by atoms with Crippen LogP contribution in [0.15, 0.2) is 36.4 Å². The van der Waals surface area contributed by atoms with Crippen LogP contribution in [-0.2, 0) is 0 Å². The highest BCUT2D eigenvalue weighted by Crippen LogP contribution is 2.09. The zero-order valence-corrected chi connectivity index (χ0v) is 11.3. The van der Waals surface area contributed by atoms with E-state index in [9.17, 15) is 0 Å². The van der Waals surface area contributed by atoms with Crippen molar-refractivity contribution >= 4 is 10.9 Å². The molecule has 0 bridgehead atoms. The highest BCUT2D eigenvalue weighted by atomic mass is 35.7. The van der Waals surface area contributed by atoms with Gasteiger partial charge < -0.3 is 0 Å². The average Bonchev–Trinajstić information content (AvgIpc) is 2.31. The molecule has 19 heavy (non-hydrogen) atoms. The Labute approximate surface area is 112 Å². The van der Waals surface area contributed by atoms with Gasteiger partial charge in [-0.05, 0) is 19.1 Å². The lowest BCUT2D eigenvalue weighted by Crippen LogP contribution is -2.68. The predicted molar refractivity (Wildman–Crippen MR) is 56.0 cm³/mol. The summed E-state index contributed by atoms with van der Waals surface area (Å²) in [5, 5.41) is 1.20. The summed E-state index contributed by atoms with van der Waals surface area (Å²) >= 11 is 0. The topological polar surface area (TPSA) is 105 Å². The molecule has 2 aromatic rings. The van der Waals surface area contributed by atoms with Gasteiger partial charge in [0.25, 0.3) is 5.52 Å². The minimum absolute atomic E-state index is 0.680. The van der Waals surface area contributed by atoms with Gasteiger partial charge in [0.05, 0.1) is 5.39 Å². The molecule has 6 nitrogen and oxygen atoms in total. The smallest absolute Gasteiger partial charge is 0.264 e. The lowest BCUT2D eigenvalue weighted by atomic mass is 10.2. The first-order valence-corrected chi connectivity index (χ1v) is 6.72. The lowest BCUT2D eigenvalue weighted by Gasteiger charge is -2.17. The van der Waals surface area contributed by atoms with Crippen LogP contribution >= 0.6 is 0 Å². The maximum absolute atomic E-state index is 8.49. The van der Waals surface area contributed by atoms with Crippen molar-refractivity contribution in [3.8, 4) is 0 Å². The van der Waals surface area contributed by atoms with E-state index in [1.54, 1.807) is 0 Å². The van der Waals surface area contributed by atoms with Crippen LogP contribution in [0.2, 0.25) is 0 Å². The minimum Gasteiger partial charge on any atom is -0.271 e. The van der Waals surface area contributed by atoms with Crippen LogP contribution in [0.3, 0.4) is 0 Å². The van der Waals surface area contributed by atoms with Crippen LogP contribution in [0.5, 0.6) is 0 Å². The molecular formula is C12H14ClNO5. The SMILES string of the molecule is CCO[n+]1c(C)ccc2ccccc21.[O-][Cl+3]([O-])([O-])[O-]. The highest BCUT2D eigenvalue weighted by Gasteiger charge is 2.12. The second-order valence-electron chi connectivity index (χ2n) is 3.62. The summed E-state index contributed by atoms with van der Waals surface area (Å²) in [5.74, 6) is 0. The maximum Gasteiger partial charge on any atom is 0.264 e. The van der Waals surface area contributed by atoms with Gasteiger partial charge in [-0.3, -0.25) is 4.84 Å². The molecule has 1 aromatic carbocycles. The molecule has 0 unspecified atom stereocenters. The van der Waals surface area contributed by atoms with Crippen molar-refractivity contribution in [2.75, 3.05) is 6.61 Å². The number of nitrogens with zero attached hydrogens (tertiary/aromatic N) is 1. The molecule has 0 aliphatic rings. The number of hydrogen-bond acceptors (Lipinski definition) is 5. The zero-order valence-electron chi connectivity index (χ0n) is 10.5. The Bertz CT molecular complexity index is 535. The van der Waals surface area contributed by atoms with Gasteiger partial charge in [-0.2, -0.15) is 0 Å². The van der Waals surface area contributed by atoms with E-state index < -0.39 is 10.2 Å². The van der Waals surface area contributed by atoms with E-state index in [1.807, 2.05) is 30.7 Å². The largest absolute Gasteiger partial charge is 0.271 e. The third-order valence-electron chi connectivity index (χ3n) is 2.24. The summed E-state index contributed by atoms with van der Waals surface area (Å²) < 4.78 is 35.9. The molecule has 0 N–H and O–H groups in total. The predicted octanol–water partition coefficient (Wildman–Crippen LogP) is -2.87. The lowest BCUT2D eigenvalue weighted by molar-refractivity contribution is -2.00. The average molecular weight is 288 g/mol. The second-order valence-corrected chi connectivity index (χ2v) is 4.38. The third kappa shape index (κ3) is 5.37. The summed E-state index contributed by atoms with van der Waals surface area (Å²) in [5.41, 5.74) is 2.24. The third-order valence-corrected chi connectivity index (χ3v) is 2.24. The van der Waals surface area contributed by atoms with Crippen molar-refractivity contribution in [3.05, 3.63) is 42.1 Å². The molecule has 0 aliphatic heterocycles. The van der Waals surface area contributed by atoms with Crippen LogP contribution in [0, 0.1) is 17.2 Å². The van der Waals surface area contributed by atoms with E-state index in [4.69, 9.17) is 23.5 Å². The van der Waals surface area contributed by atoms with E-state index in [0.717, 1.165) is 11.2 Å². The van der Waals surface area contributed by atoms with Gasteiger partial charge in [0.2, 0.25) is 5.69 Å². The minimum atomic E-state index is -4.94. The first-order valence-electron chi connectivity index (χ1n) is 5.48.